The molecule has 10 rings (SSSR count). The molecule has 0 radical (unpaired) electrons. The van der Waals surface area contributed by atoms with Crippen LogP contribution in [0, 0.1) is 16.2 Å². The number of nitroso groups, excluding NO2 is 1. The zero-order valence-corrected chi connectivity index (χ0v) is 36.4. The molecule has 1 aliphatic carbocycles. The van der Waals surface area contributed by atoms with Crippen molar-refractivity contribution >= 4 is 46.0 Å². The molecular formula is C48H56N8O5S. The van der Waals surface area contributed by atoms with Crippen LogP contribution < -0.4 is 24.4 Å². The van der Waals surface area contributed by atoms with Gasteiger partial charge in [0.15, 0.2) is 0 Å². The maximum absolute atomic E-state index is 14.0. The zero-order valence-electron chi connectivity index (χ0n) is 35.6. The summed E-state index contributed by atoms with van der Waals surface area (Å²) in [6.45, 7) is 9.71. The van der Waals surface area contributed by atoms with E-state index in [1.54, 1.807) is 12.3 Å². The highest BCUT2D eigenvalue weighted by atomic mass is 32.2. The fourth-order valence-electron chi connectivity index (χ4n) is 10.7. The van der Waals surface area contributed by atoms with E-state index in [1.165, 1.54) is 43.4 Å². The Morgan fingerprint density at radius 3 is 2.71 bits per heavy atom. The highest BCUT2D eigenvalue weighted by molar-refractivity contribution is 7.97. The summed E-state index contributed by atoms with van der Waals surface area (Å²) in [5.74, 6) is 1.96. The van der Waals surface area contributed by atoms with Gasteiger partial charge in [-0.05, 0) is 122 Å². The average molecular weight is 857 g/mol. The van der Waals surface area contributed by atoms with Gasteiger partial charge in [-0.3, -0.25) is 14.4 Å². The lowest BCUT2D eigenvalue weighted by Gasteiger charge is -2.56. The van der Waals surface area contributed by atoms with Gasteiger partial charge in [-0.1, -0.05) is 38.1 Å². The van der Waals surface area contributed by atoms with Crippen LogP contribution in [0.1, 0.15) is 105 Å². The van der Waals surface area contributed by atoms with Crippen LogP contribution in [-0.4, -0.2) is 77.3 Å². The van der Waals surface area contributed by atoms with Gasteiger partial charge in [0.25, 0.3) is 5.91 Å². The topological polar surface area (TPSA) is 146 Å². The molecule has 7 heterocycles. The van der Waals surface area contributed by atoms with E-state index in [1.807, 2.05) is 36.5 Å². The second-order valence-electron chi connectivity index (χ2n) is 18.3. The van der Waals surface area contributed by atoms with Crippen molar-refractivity contribution < 1.29 is 19.0 Å². The Balaban J connectivity index is 0.816. The third-order valence-electron chi connectivity index (χ3n) is 14.1. The molecule has 3 saturated heterocycles. The first kappa shape index (κ1) is 40.9. The van der Waals surface area contributed by atoms with Crippen LogP contribution in [0.2, 0.25) is 0 Å². The van der Waals surface area contributed by atoms with E-state index in [0.717, 1.165) is 87.1 Å². The van der Waals surface area contributed by atoms with Crippen LogP contribution in [0.3, 0.4) is 0 Å². The van der Waals surface area contributed by atoms with Gasteiger partial charge in [-0.25, -0.2) is 9.97 Å². The number of rotatable bonds is 12. The van der Waals surface area contributed by atoms with Crippen molar-refractivity contribution in [2.75, 3.05) is 49.7 Å². The minimum atomic E-state index is -0.364. The molecule has 1 amide bonds. The number of hydrogen-bond donors (Lipinski definition) is 3. The smallest absolute Gasteiger partial charge is 0.265 e. The van der Waals surface area contributed by atoms with Crippen molar-refractivity contribution in [2.24, 2.45) is 16.5 Å². The number of H-pyrrole nitrogens is 1. The van der Waals surface area contributed by atoms with Crippen LogP contribution in [0.4, 0.5) is 17.1 Å². The molecule has 1 spiro atoms. The molecular weight excluding hydrogens is 801 g/mol. The number of carbonyl (C=O) groups excluding carboxylic acids is 1. The zero-order chi connectivity index (χ0) is 42.2. The van der Waals surface area contributed by atoms with Gasteiger partial charge in [0, 0.05) is 79.7 Å². The molecule has 2 aromatic carbocycles. The number of nitrogens with one attached hydrogen (secondary N) is 3. The normalized spacial score (nSPS) is 21.6. The van der Waals surface area contributed by atoms with E-state index in [2.05, 4.69) is 78.1 Å². The number of amides is 1. The molecule has 2 atom stereocenters. The van der Waals surface area contributed by atoms with E-state index in [9.17, 15) is 9.70 Å². The number of likely N-dealkylation sites (tertiary alicyclic amines) is 1. The number of carbonyl (C=O) groups is 1. The molecule has 1 saturated carbocycles. The number of ether oxygens (including phenoxy) is 3. The van der Waals surface area contributed by atoms with E-state index >= 15 is 0 Å². The molecule has 3 aromatic heterocycles. The summed E-state index contributed by atoms with van der Waals surface area (Å²) >= 11 is 1.01. The number of pyridine rings is 2. The Bertz CT molecular complexity index is 2420. The number of hydrogen-bond acceptors (Lipinski definition) is 12. The fraction of sp³-hybridized carbons (Fsp3) is 0.479. The first-order valence-corrected chi connectivity index (χ1v) is 23.3. The van der Waals surface area contributed by atoms with Crippen LogP contribution in [-0.2, 0) is 4.74 Å². The summed E-state index contributed by atoms with van der Waals surface area (Å²) in [7, 11) is 0. The van der Waals surface area contributed by atoms with Crippen molar-refractivity contribution in [2.45, 2.75) is 101 Å². The van der Waals surface area contributed by atoms with Gasteiger partial charge in [0.1, 0.15) is 40.2 Å². The van der Waals surface area contributed by atoms with Crippen molar-refractivity contribution in [3.63, 3.8) is 0 Å². The largest absolute Gasteiger partial charge is 0.474 e. The summed E-state index contributed by atoms with van der Waals surface area (Å²) in [4.78, 5) is 43.6. The van der Waals surface area contributed by atoms with Gasteiger partial charge in [0.2, 0.25) is 5.88 Å². The molecule has 4 fully saturated rings. The van der Waals surface area contributed by atoms with Gasteiger partial charge < -0.3 is 29.4 Å². The second-order valence-corrected chi connectivity index (χ2v) is 19.2. The SMILES string of the molecule is CC(C)c1ccccc1[C@H]1CCCN1C1CC2(CCN(c3ccc(C(=O)NSc4cc(N=O)c5c(n4)OC[C@H](CC4CCOCC4)N5)c(Oc4cnc5[nH]ccc5c4)c3)CC2)C1. The summed E-state index contributed by atoms with van der Waals surface area (Å²) in [5, 5.41) is 8.03. The molecule has 324 valence electrons. The molecule has 5 aromatic rings. The minimum Gasteiger partial charge on any atom is -0.474 e. The van der Waals surface area contributed by atoms with Crippen LogP contribution in [0.25, 0.3) is 11.0 Å². The Hall–Kier alpha value is -5.18. The number of fused-ring (bicyclic) bond motifs is 2. The summed E-state index contributed by atoms with van der Waals surface area (Å²) in [6.07, 6.45) is 13.8. The first-order chi connectivity index (χ1) is 30.3. The van der Waals surface area contributed by atoms with E-state index in [0.29, 0.717) is 69.6 Å². The van der Waals surface area contributed by atoms with Crippen molar-refractivity contribution in [3.8, 4) is 17.4 Å². The molecule has 14 heteroatoms. The standard InChI is InChI=1S/C48H56N8O5S/c1-30(2)37-6-3-4-7-38(37)41-8-5-17-56(41)35-26-48(27-35)14-18-55(19-15-48)34-9-10-39(42(24-34)61-36-23-32-11-16-49-45(32)50-28-36)46(57)54-62-43-25-40(53-58)44-47(52-43)60-29-33(51-44)22-31-12-20-59-21-13-31/h3-4,6-7,9-11,16,23-25,28,30-31,33,35,41,51H,5,8,12-15,17-22,26-27,29H2,1-2H3,(H,49,50)(H,54,57)/t33-,41+/m0/s1. The van der Waals surface area contributed by atoms with Crippen molar-refractivity contribution in [3.05, 3.63) is 94.7 Å². The number of anilines is 2. The molecule has 3 N–H and O–H groups in total. The van der Waals surface area contributed by atoms with Gasteiger partial charge in [-0.2, -0.15) is 0 Å². The Morgan fingerprint density at radius 2 is 1.89 bits per heavy atom. The van der Waals surface area contributed by atoms with Crippen LogP contribution in [0.15, 0.2) is 83.3 Å². The lowest BCUT2D eigenvalue weighted by molar-refractivity contribution is -0.0227. The predicted molar refractivity (Wildman–Crippen MR) is 243 cm³/mol. The quantitative estimate of drug-likeness (QED) is 0.0814. The maximum atomic E-state index is 14.0. The third-order valence-corrected chi connectivity index (χ3v) is 14.8. The minimum absolute atomic E-state index is 0.0451. The molecule has 4 aliphatic heterocycles. The van der Waals surface area contributed by atoms with E-state index in [4.69, 9.17) is 14.2 Å². The van der Waals surface area contributed by atoms with E-state index in [-0.39, 0.29) is 17.6 Å². The van der Waals surface area contributed by atoms with Crippen molar-refractivity contribution in [1.82, 2.24) is 24.6 Å². The van der Waals surface area contributed by atoms with E-state index < -0.39 is 0 Å². The predicted octanol–water partition coefficient (Wildman–Crippen LogP) is 10.3. The number of nitrogens with zero attached hydrogens (tertiary/aromatic N) is 5. The number of aromatic nitrogens is 3. The molecule has 5 aliphatic rings. The molecule has 0 bridgehead atoms. The fourth-order valence-corrected chi connectivity index (χ4v) is 11.4. The Kier molecular flexibility index (Phi) is 11.6. The second kappa shape index (κ2) is 17.5. The average Bonchev–Trinajstić information content (AvgIpc) is 3.98. The van der Waals surface area contributed by atoms with Gasteiger partial charge in [0.05, 0.1) is 17.8 Å². The summed E-state index contributed by atoms with van der Waals surface area (Å²) in [6, 6.07) is 21.6. The highest BCUT2D eigenvalue weighted by Crippen LogP contribution is 2.54. The molecule has 0 unspecified atom stereocenters. The number of aromatic amines is 1. The van der Waals surface area contributed by atoms with Crippen LogP contribution >= 0.6 is 11.9 Å². The first-order valence-electron chi connectivity index (χ1n) is 22.5. The lowest BCUT2D eigenvalue weighted by Crippen LogP contribution is -2.54. The van der Waals surface area contributed by atoms with Gasteiger partial charge >= 0.3 is 0 Å². The Labute approximate surface area is 367 Å². The third kappa shape index (κ3) is 8.36. The lowest BCUT2D eigenvalue weighted by atomic mass is 9.59. The maximum Gasteiger partial charge on any atom is 0.265 e. The van der Waals surface area contributed by atoms with Gasteiger partial charge in [-0.15, -0.1) is 4.91 Å². The van der Waals surface area contributed by atoms with Crippen LogP contribution in [0.5, 0.6) is 17.4 Å². The number of piperidine rings is 1. The van der Waals surface area contributed by atoms with Crippen molar-refractivity contribution in [1.29, 1.82) is 0 Å². The summed E-state index contributed by atoms with van der Waals surface area (Å²) in [5.41, 5.74) is 6.25. The monoisotopic (exact) mass is 856 g/mol. The Morgan fingerprint density at radius 1 is 1.05 bits per heavy atom. The molecule has 62 heavy (non-hydrogen) atoms. The molecule has 13 nitrogen and oxygen atoms in total. The number of benzene rings is 2. The highest BCUT2D eigenvalue weighted by Gasteiger charge is 2.50. The summed E-state index contributed by atoms with van der Waals surface area (Å²) < 4.78 is 21.0.